The van der Waals surface area contributed by atoms with Gasteiger partial charge in [0.05, 0.1) is 17.5 Å². The summed E-state index contributed by atoms with van der Waals surface area (Å²) < 4.78 is 5.63. The second-order valence-corrected chi connectivity index (χ2v) is 6.53. The Hall–Kier alpha value is -2.40. The SMILES string of the molecule is CN(CCC[C@@H]1CCCO1)C(=O)c1cccc(-c2ncccc2N)c1. The van der Waals surface area contributed by atoms with Gasteiger partial charge in [-0.1, -0.05) is 12.1 Å². The van der Waals surface area contributed by atoms with Gasteiger partial charge < -0.3 is 15.4 Å². The summed E-state index contributed by atoms with van der Waals surface area (Å²) in [5.74, 6) is 0.0173. The zero-order chi connectivity index (χ0) is 17.6. The lowest BCUT2D eigenvalue weighted by atomic mass is 10.1. The molecule has 132 valence electrons. The summed E-state index contributed by atoms with van der Waals surface area (Å²) >= 11 is 0. The van der Waals surface area contributed by atoms with Crippen molar-refractivity contribution >= 4 is 11.6 Å². The van der Waals surface area contributed by atoms with Gasteiger partial charge in [0.25, 0.3) is 5.91 Å². The maximum atomic E-state index is 12.7. The quantitative estimate of drug-likeness (QED) is 0.876. The Kier molecular flexibility index (Phi) is 5.66. The second kappa shape index (κ2) is 8.12. The highest BCUT2D eigenvalue weighted by Gasteiger charge is 2.17. The molecule has 2 heterocycles. The van der Waals surface area contributed by atoms with E-state index in [9.17, 15) is 4.79 Å². The molecule has 0 bridgehead atoms. The van der Waals surface area contributed by atoms with Crippen molar-refractivity contribution in [2.45, 2.75) is 31.8 Å². The summed E-state index contributed by atoms with van der Waals surface area (Å²) in [5, 5.41) is 0. The van der Waals surface area contributed by atoms with E-state index in [4.69, 9.17) is 10.5 Å². The minimum absolute atomic E-state index is 0.0173. The number of nitrogens with two attached hydrogens (primary N) is 1. The van der Waals surface area contributed by atoms with E-state index in [0.29, 0.717) is 23.0 Å². The molecular weight excluding hydrogens is 314 g/mol. The summed E-state index contributed by atoms with van der Waals surface area (Å²) in [6.45, 7) is 1.61. The number of hydrogen-bond donors (Lipinski definition) is 1. The molecule has 25 heavy (non-hydrogen) atoms. The van der Waals surface area contributed by atoms with Crippen molar-refractivity contribution in [2.75, 3.05) is 25.9 Å². The molecule has 1 aliphatic heterocycles. The second-order valence-electron chi connectivity index (χ2n) is 6.53. The number of rotatable bonds is 6. The van der Waals surface area contributed by atoms with Crippen LogP contribution in [0.5, 0.6) is 0 Å². The molecule has 2 N–H and O–H groups in total. The Morgan fingerprint density at radius 3 is 3.00 bits per heavy atom. The molecule has 3 rings (SSSR count). The average molecular weight is 339 g/mol. The predicted molar refractivity (Wildman–Crippen MR) is 99.3 cm³/mol. The fraction of sp³-hybridized carbons (Fsp3) is 0.400. The number of nitrogens with zero attached hydrogens (tertiary/aromatic N) is 2. The van der Waals surface area contributed by atoms with Gasteiger partial charge >= 0.3 is 0 Å². The summed E-state index contributed by atoms with van der Waals surface area (Å²) in [7, 11) is 1.85. The van der Waals surface area contributed by atoms with Gasteiger partial charge in [0.2, 0.25) is 0 Å². The Balaban J connectivity index is 1.63. The third kappa shape index (κ3) is 4.37. The van der Waals surface area contributed by atoms with Crippen LogP contribution < -0.4 is 5.73 Å². The molecule has 0 saturated carbocycles. The summed E-state index contributed by atoms with van der Waals surface area (Å²) in [6, 6.07) is 11.1. The van der Waals surface area contributed by atoms with Crippen LogP contribution in [0.2, 0.25) is 0 Å². The number of carbonyl (C=O) groups excluding carboxylic acids is 1. The molecule has 2 aromatic rings. The highest BCUT2D eigenvalue weighted by atomic mass is 16.5. The number of carbonyl (C=O) groups is 1. The highest BCUT2D eigenvalue weighted by molar-refractivity contribution is 5.95. The lowest BCUT2D eigenvalue weighted by Crippen LogP contribution is -2.28. The van der Waals surface area contributed by atoms with Gasteiger partial charge in [-0.05, 0) is 49.9 Å². The topological polar surface area (TPSA) is 68.5 Å². The lowest BCUT2D eigenvalue weighted by molar-refractivity contribution is 0.0763. The van der Waals surface area contributed by atoms with Gasteiger partial charge in [0.1, 0.15) is 0 Å². The Morgan fingerprint density at radius 1 is 1.36 bits per heavy atom. The maximum Gasteiger partial charge on any atom is 0.253 e. The van der Waals surface area contributed by atoms with Gasteiger partial charge in [0.15, 0.2) is 0 Å². The molecule has 0 unspecified atom stereocenters. The van der Waals surface area contributed by atoms with Crippen LogP contribution >= 0.6 is 0 Å². The summed E-state index contributed by atoms with van der Waals surface area (Å²) in [4.78, 5) is 18.8. The van der Waals surface area contributed by atoms with Gasteiger partial charge in [0, 0.05) is 37.5 Å². The molecule has 1 saturated heterocycles. The number of aromatic nitrogens is 1. The molecule has 1 fully saturated rings. The summed E-state index contributed by atoms with van der Waals surface area (Å²) in [6.07, 6.45) is 6.35. The number of nitrogen functional groups attached to an aromatic ring is 1. The number of amides is 1. The molecular formula is C20H25N3O2. The van der Waals surface area contributed by atoms with E-state index in [1.165, 1.54) is 0 Å². The largest absolute Gasteiger partial charge is 0.397 e. The predicted octanol–water partition coefficient (Wildman–Crippen LogP) is 3.36. The van der Waals surface area contributed by atoms with Gasteiger partial charge in [-0.3, -0.25) is 9.78 Å². The molecule has 1 atom stereocenters. The lowest BCUT2D eigenvalue weighted by Gasteiger charge is -2.18. The molecule has 5 nitrogen and oxygen atoms in total. The van der Waals surface area contributed by atoms with E-state index < -0.39 is 0 Å². The molecule has 1 aromatic heterocycles. The normalized spacial score (nSPS) is 16.8. The van der Waals surface area contributed by atoms with Crippen LogP contribution in [0.15, 0.2) is 42.6 Å². The fourth-order valence-corrected chi connectivity index (χ4v) is 3.21. The van der Waals surface area contributed by atoms with Crippen molar-refractivity contribution in [2.24, 2.45) is 0 Å². The molecule has 1 aliphatic rings. The Morgan fingerprint density at radius 2 is 2.24 bits per heavy atom. The maximum absolute atomic E-state index is 12.7. The van der Waals surface area contributed by atoms with Gasteiger partial charge in [-0.25, -0.2) is 0 Å². The third-order valence-electron chi connectivity index (χ3n) is 4.61. The van der Waals surface area contributed by atoms with Crippen LogP contribution in [0.4, 0.5) is 5.69 Å². The molecule has 1 aromatic carbocycles. The molecule has 0 aliphatic carbocycles. The number of benzene rings is 1. The van der Waals surface area contributed by atoms with E-state index in [1.807, 2.05) is 37.4 Å². The van der Waals surface area contributed by atoms with Crippen LogP contribution in [0.3, 0.4) is 0 Å². The van der Waals surface area contributed by atoms with Crippen LogP contribution in [0.1, 0.15) is 36.0 Å². The van der Waals surface area contributed by atoms with E-state index in [2.05, 4.69) is 4.98 Å². The van der Waals surface area contributed by atoms with E-state index in [0.717, 1.165) is 44.4 Å². The van der Waals surface area contributed by atoms with Gasteiger partial charge in [-0.15, -0.1) is 0 Å². The van der Waals surface area contributed by atoms with Crippen molar-refractivity contribution in [3.05, 3.63) is 48.2 Å². The van der Waals surface area contributed by atoms with Crippen LogP contribution in [0.25, 0.3) is 11.3 Å². The molecule has 0 spiro atoms. The minimum Gasteiger partial charge on any atom is -0.397 e. The molecule has 0 radical (unpaired) electrons. The number of hydrogen-bond acceptors (Lipinski definition) is 4. The van der Waals surface area contributed by atoms with Crippen LogP contribution in [0, 0.1) is 0 Å². The van der Waals surface area contributed by atoms with Gasteiger partial charge in [-0.2, -0.15) is 0 Å². The number of pyridine rings is 1. The first kappa shape index (κ1) is 17.4. The molecule has 1 amide bonds. The standard InChI is InChI=1S/C20H25N3O2/c1-23(12-4-8-17-9-5-13-25-17)20(24)16-7-2-6-15(14-16)19-18(21)10-3-11-22-19/h2-3,6-7,10-11,14,17H,4-5,8-9,12-13,21H2,1H3/t17-/m1/s1. The Labute approximate surface area is 148 Å². The van der Waals surface area contributed by atoms with E-state index >= 15 is 0 Å². The minimum atomic E-state index is 0.0173. The number of anilines is 1. The highest BCUT2D eigenvalue weighted by Crippen LogP contribution is 2.24. The first-order chi connectivity index (χ1) is 12.1. The smallest absolute Gasteiger partial charge is 0.253 e. The molecule has 5 heteroatoms. The fourth-order valence-electron chi connectivity index (χ4n) is 3.21. The summed E-state index contributed by atoms with van der Waals surface area (Å²) in [5.41, 5.74) is 8.82. The first-order valence-corrected chi connectivity index (χ1v) is 8.83. The van der Waals surface area contributed by atoms with Crippen LogP contribution in [-0.2, 0) is 4.74 Å². The third-order valence-corrected chi connectivity index (χ3v) is 4.61. The van der Waals surface area contributed by atoms with Crippen LogP contribution in [-0.4, -0.2) is 42.1 Å². The zero-order valence-electron chi connectivity index (χ0n) is 14.6. The first-order valence-electron chi connectivity index (χ1n) is 8.83. The van der Waals surface area contributed by atoms with Crippen molar-refractivity contribution < 1.29 is 9.53 Å². The van der Waals surface area contributed by atoms with Crippen molar-refractivity contribution in [3.63, 3.8) is 0 Å². The van der Waals surface area contributed by atoms with Crippen molar-refractivity contribution in [3.8, 4) is 11.3 Å². The average Bonchev–Trinajstić information content (AvgIpc) is 3.15. The monoisotopic (exact) mass is 339 g/mol. The zero-order valence-corrected chi connectivity index (χ0v) is 14.6. The van der Waals surface area contributed by atoms with E-state index in [-0.39, 0.29) is 5.91 Å². The van der Waals surface area contributed by atoms with E-state index in [1.54, 1.807) is 17.2 Å². The van der Waals surface area contributed by atoms with Crippen molar-refractivity contribution in [1.82, 2.24) is 9.88 Å². The number of ether oxygens (including phenoxy) is 1. The van der Waals surface area contributed by atoms with Crippen molar-refractivity contribution in [1.29, 1.82) is 0 Å². The Bertz CT molecular complexity index is 726.